The van der Waals surface area contributed by atoms with E-state index in [1.807, 2.05) is 41.5 Å². The highest BCUT2D eigenvalue weighted by molar-refractivity contribution is 5.76. The Balaban J connectivity index is 4.68. The molecule has 20 heavy (non-hydrogen) atoms. The number of rotatable bonds is 7. The van der Waals surface area contributed by atoms with Crippen LogP contribution in [0.2, 0.25) is 0 Å². The normalized spacial score (nSPS) is 13.8. The molecule has 0 aliphatic heterocycles. The van der Waals surface area contributed by atoms with Crippen LogP contribution in [-0.2, 0) is 23.8 Å². The summed E-state index contributed by atoms with van der Waals surface area (Å²) < 4.78 is 15.6. The van der Waals surface area contributed by atoms with Gasteiger partial charge in [0, 0.05) is 0 Å². The van der Waals surface area contributed by atoms with Gasteiger partial charge in [-0.3, -0.25) is 9.59 Å². The van der Waals surface area contributed by atoms with Crippen molar-refractivity contribution in [3.8, 4) is 0 Å². The van der Waals surface area contributed by atoms with Crippen LogP contribution in [0.3, 0.4) is 0 Å². The van der Waals surface area contributed by atoms with Gasteiger partial charge < -0.3 is 14.2 Å². The Hall–Kier alpha value is -1.10. The van der Waals surface area contributed by atoms with Crippen LogP contribution in [-0.4, -0.2) is 37.4 Å². The summed E-state index contributed by atoms with van der Waals surface area (Å²) >= 11 is 0. The highest BCUT2D eigenvalue weighted by Crippen LogP contribution is 2.23. The fourth-order valence-electron chi connectivity index (χ4n) is 1.20. The minimum Gasteiger partial charge on any atom is -0.469 e. The molecule has 0 radical (unpaired) electrons. The first kappa shape index (κ1) is 18.9. The number of carbonyl (C=O) groups is 2. The predicted octanol–water partition coefficient (Wildman–Crippen LogP) is 2.71. The van der Waals surface area contributed by atoms with E-state index < -0.39 is 17.5 Å². The molecule has 0 bridgehead atoms. The van der Waals surface area contributed by atoms with Gasteiger partial charge in [0.1, 0.15) is 6.10 Å². The standard InChI is InChI=1S/C15H28O5/c1-8-15(5,6)13(17)20-11(9-12(16)18-7)10-19-14(2,3)4/h11H,8-10H2,1-7H3. The zero-order valence-corrected chi connectivity index (χ0v) is 13.7. The summed E-state index contributed by atoms with van der Waals surface area (Å²) in [6.07, 6.45) is 0.0367. The molecule has 0 rings (SSSR count). The lowest BCUT2D eigenvalue weighted by Gasteiger charge is -2.27. The maximum absolute atomic E-state index is 12.1. The minimum atomic E-state index is -0.625. The molecule has 0 aromatic heterocycles. The summed E-state index contributed by atoms with van der Waals surface area (Å²) in [6.45, 7) is 11.4. The van der Waals surface area contributed by atoms with Gasteiger partial charge in [-0.05, 0) is 41.0 Å². The molecule has 0 amide bonds. The number of esters is 2. The van der Waals surface area contributed by atoms with Crippen LogP contribution in [0, 0.1) is 5.41 Å². The van der Waals surface area contributed by atoms with E-state index >= 15 is 0 Å². The first-order valence-electron chi connectivity index (χ1n) is 6.93. The van der Waals surface area contributed by atoms with Gasteiger partial charge in [0.15, 0.2) is 0 Å². The number of ether oxygens (including phenoxy) is 3. The largest absolute Gasteiger partial charge is 0.469 e. The summed E-state index contributed by atoms with van der Waals surface area (Å²) in [5, 5.41) is 0. The van der Waals surface area contributed by atoms with E-state index in [2.05, 4.69) is 4.74 Å². The SMILES string of the molecule is CCC(C)(C)C(=O)OC(COC(C)(C)C)CC(=O)OC. The molecular formula is C15H28O5. The minimum absolute atomic E-state index is 0.00187. The fraction of sp³-hybridized carbons (Fsp3) is 0.867. The third-order valence-electron chi connectivity index (χ3n) is 3.03. The van der Waals surface area contributed by atoms with E-state index in [0.717, 1.165) is 0 Å². The van der Waals surface area contributed by atoms with Crippen molar-refractivity contribution in [2.24, 2.45) is 5.41 Å². The Bertz CT molecular complexity index is 328. The second kappa shape index (κ2) is 7.62. The van der Waals surface area contributed by atoms with Gasteiger partial charge in [-0.25, -0.2) is 0 Å². The lowest BCUT2D eigenvalue weighted by molar-refractivity contribution is -0.169. The van der Waals surface area contributed by atoms with E-state index in [1.165, 1.54) is 7.11 Å². The molecular weight excluding hydrogens is 260 g/mol. The maximum Gasteiger partial charge on any atom is 0.311 e. The van der Waals surface area contributed by atoms with Gasteiger partial charge in [0.2, 0.25) is 0 Å². The number of methoxy groups -OCH3 is 1. The highest BCUT2D eigenvalue weighted by Gasteiger charge is 2.31. The van der Waals surface area contributed by atoms with Gasteiger partial charge >= 0.3 is 11.9 Å². The van der Waals surface area contributed by atoms with Crippen LogP contribution < -0.4 is 0 Å². The second-order valence-electron chi connectivity index (χ2n) is 6.47. The fourth-order valence-corrected chi connectivity index (χ4v) is 1.20. The maximum atomic E-state index is 12.1. The van der Waals surface area contributed by atoms with Crippen molar-refractivity contribution in [2.45, 2.75) is 66.1 Å². The van der Waals surface area contributed by atoms with E-state index in [-0.39, 0.29) is 24.6 Å². The van der Waals surface area contributed by atoms with Crippen molar-refractivity contribution < 1.29 is 23.8 Å². The average Bonchev–Trinajstić information content (AvgIpc) is 2.34. The van der Waals surface area contributed by atoms with E-state index in [0.29, 0.717) is 6.42 Å². The molecule has 0 heterocycles. The van der Waals surface area contributed by atoms with E-state index in [9.17, 15) is 9.59 Å². The molecule has 5 nitrogen and oxygen atoms in total. The summed E-state index contributed by atoms with van der Waals surface area (Å²) in [7, 11) is 1.31. The van der Waals surface area contributed by atoms with Crippen LogP contribution in [0.15, 0.2) is 0 Å². The Labute approximate surface area is 122 Å². The van der Waals surface area contributed by atoms with Gasteiger partial charge in [0.05, 0.1) is 31.2 Å². The molecule has 0 aliphatic rings. The molecule has 0 N–H and O–H groups in total. The van der Waals surface area contributed by atoms with Gasteiger partial charge in [-0.15, -0.1) is 0 Å². The zero-order chi connectivity index (χ0) is 16.0. The van der Waals surface area contributed by atoms with Crippen LogP contribution in [0.1, 0.15) is 54.4 Å². The Morgan fingerprint density at radius 2 is 1.65 bits per heavy atom. The molecule has 0 saturated carbocycles. The topological polar surface area (TPSA) is 61.8 Å². The van der Waals surface area contributed by atoms with E-state index in [4.69, 9.17) is 9.47 Å². The third-order valence-corrected chi connectivity index (χ3v) is 3.03. The quantitative estimate of drug-likeness (QED) is 0.674. The molecule has 118 valence electrons. The molecule has 0 aromatic carbocycles. The van der Waals surface area contributed by atoms with Crippen LogP contribution >= 0.6 is 0 Å². The zero-order valence-electron chi connectivity index (χ0n) is 13.7. The van der Waals surface area contributed by atoms with Crippen LogP contribution in [0.4, 0.5) is 0 Å². The lowest BCUT2D eigenvalue weighted by Crippen LogP contribution is -2.35. The lowest BCUT2D eigenvalue weighted by atomic mass is 9.90. The summed E-state index contributed by atoms with van der Waals surface area (Å²) in [5.74, 6) is -0.749. The number of carbonyl (C=O) groups excluding carboxylic acids is 2. The Morgan fingerprint density at radius 1 is 1.10 bits per heavy atom. The number of hydrogen-bond donors (Lipinski definition) is 0. The molecule has 0 aromatic rings. The first-order valence-corrected chi connectivity index (χ1v) is 6.93. The second-order valence-corrected chi connectivity index (χ2v) is 6.47. The van der Waals surface area contributed by atoms with Gasteiger partial charge in [-0.2, -0.15) is 0 Å². The monoisotopic (exact) mass is 288 g/mol. The molecule has 5 heteroatoms. The van der Waals surface area contributed by atoms with Crippen molar-refractivity contribution in [2.75, 3.05) is 13.7 Å². The van der Waals surface area contributed by atoms with Crippen LogP contribution in [0.5, 0.6) is 0 Å². The number of hydrogen-bond acceptors (Lipinski definition) is 5. The van der Waals surface area contributed by atoms with E-state index in [1.54, 1.807) is 0 Å². The molecule has 0 fully saturated rings. The van der Waals surface area contributed by atoms with Gasteiger partial charge in [-0.1, -0.05) is 6.92 Å². The Morgan fingerprint density at radius 3 is 2.05 bits per heavy atom. The van der Waals surface area contributed by atoms with Crippen LogP contribution in [0.25, 0.3) is 0 Å². The average molecular weight is 288 g/mol. The van der Waals surface area contributed by atoms with Crippen molar-refractivity contribution in [3.05, 3.63) is 0 Å². The van der Waals surface area contributed by atoms with Crippen molar-refractivity contribution in [3.63, 3.8) is 0 Å². The third kappa shape index (κ3) is 7.48. The summed E-state index contributed by atoms with van der Waals surface area (Å²) in [5.41, 5.74) is -0.933. The smallest absolute Gasteiger partial charge is 0.311 e. The van der Waals surface area contributed by atoms with Crippen molar-refractivity contribution in [1.29, 1.82) is 0 Å². The van der Waals surface area contributed by atoms with Crippen molar-refractivity contribution >= 4 is 11.9 Å². The molecule has 1 unspecified atom stereocenters. The van der Waals surface area contributed by atoms with Crippen molar-refractivity contribution in [1.82, 2.24) is 0 Å². The molecule has 0 aliphatic carbocycles. The summed E-state index contributed by atoms with van der Waals surface area (Å²) in [4.78, 5) is 23.4. The Kier molecular flexibility index (Phi) is 7.20. The highest BCUT2D eigenvalue weighted by atomic mass is 16.6. The first-order chi connectivity index (χ1) is 9.01. The predicted molar refractivity (Wildman–Crippen MR) is 76.3 cm³/mol. The molecule has 0 saturated heterocycles. The molecule has 0 spiro atoms. The molecule has 1 atom stereocenters. The summed E-state index contributed by atoms with van der Waals surface area (Å²) in [6, 6.07) is 0. The van der Waals surface area contributed by atoms with Gasteiger partial charge in [0.25, 0.3) is 0 Å².